The van der Waals surface area contributed by atoms with E-state index in [1.54, 1.807) is 6.92 Å². The third-order valence-electron chi connectivity index (χ3n) is 9.01. The summed E-state index contributed by atoms with van der Waals surface area (Å²) in [5.41, 5.74) is 4.47. The fourth-order valence-electron chi connectivity index (χ4n) is 6.40. The topological polar surface area (TPSA) is 118 Å². The van der Waals surface area contributed by atoms with Gasteiger partial charge >= 0.3 is 0 Å². The van der Waals surface area contributed by atoms with Gasteiger partial charge in [0.1, 0.15) is 11.6 Å². The Morgan fingerprint density at radius 3 is 2.67 bits per heavy atom. The van der Waals surface area contributed by atoms with E-state index in [1.807, 2.05) is 42.4 Å². The van der Waals surface area contributed by atoms with E-state index in [1.165, 1.54) is 0 Å². The van der Waals surface area contributed by atoms with Crippen molar-refractivity contribution in [2.75, 3.05) is 25.0 Å². The molecule has 2 aromatic heterocycles. The monoisotopic (exact) mass is 528 g/mol. The van der Waals surface area contributed by atoms with Gasteiger partial charge in [-0.25, -0.2) is 9.97 Å². The Bertz CT molecular complexity index is 1520. The zero-order valence-corrected chi connectivity index (χ0v) is 22.2. The second-order valence-electron chi connectivity index (χ2n) is 11.5. The molecule has 3 fully saturated rings. The number of imidazole rings is 1. The molecule has 10 heteroatoms. The lowest BCUT2D eigenvalue weighted by Crippen LogP contribution is -2.47. The molecule has 3 aliphatic heterocycles. The number of carbonyl (C=O) groups is 3. The van der Waals surface area contributed by atoms with E-state index >= 15 is 0 Å². The minimum absolute atomic E-state index is 0.00186. The van der Waals surface area contributed by atoms with Gasteiger partial charge in [0.2, 0.25) is 23.6 Å². The van der Waals surface area contributed by atoms with Crippen LogP contribution in [0.4, 0.5) is 5.69 Å². The first-order valence-electron chi connectivity index (χ1n) is 13.9. The van der Waals surface area contributed by atoms with E-state index in [2.05, 4.69) is 15.2 Å². The lowest BCUT2D eigenvalue weighted by atomic mass is 9.73. The Morgan fingerprint density at radius 2 is 1.97 bits per heavy atom. The Morgan fingerprint density at radius 1 is 1.18 bits per heavy atom. The molecule has 0 bridgehead atoms. The van der Waals surface area contributed by atoms with Crippen molar-refractivity contribution in [1.29, 1.82) is 0 Å². The summed E-state index contributed by atoms with van der Waals surface area (Å²) in [5, 5.41) is 6.00. The molecule has 3 amide bonds. The molecule has 0 radical (unpaired) electrons. The number of aromatic nitrogens is 3. The molecule has 5 heterocycles. The van der Waals surface area contributed by atoms with E-state index in [9.17, 15) is 14.4 Å². The highest BCUT2D eigenvalue weighted by atomic mass is 16.5. The summed E-state index contributed by atoms with van der Waals surface area (Å²) in [4.78, 5) is 48.3. The molecule has 1 aromatic carbocycles. The number of hydrogen-bond acceptors (Lipinski definition) is 6. The van der Waals surface area contributed by atoms with Crippen LogP contribution in [0.5, 0.6) is 5.88 Å². The predicted molar refractivity (Wildman–Crippen MR) is 144 cm³/mol. The van der Waals surface area contributed by atoms with Crippen LogP contribution >= 0.6 is 0 Å². The number of nitrogens with zero attached hydrogens (tertiary/aromatic N) is 4. The molecule has 2 N–H and O–H groups in total. The number of nitrogens with one attached hydrogen (secondary N) is 2. The number of pyridine rings is 1. The molecule has 7 rings (SSSR count). The minimum Gasteiger partial charge on any atom is -0.473 e. The van der Waals surface area contributed by atoms with Gasteiger partial charge in [-0.3, -0.25) is 14.4 Å². The Labute approximate surface area is 226 Å². The van der Waals surface area contributed by atoms with Crippen molar-refractivity contribution in [1.82, 2.24) is 24.8 Å². The third kappa shape index (κ3) is 3.95. The number of piperidine rings is 1. The summed E-state index contributed by atoms with van der Waals surface area (Å²) in [6.45, 7) is 5.32. The first-order valence-corrected chi connectivity index (χ1v) is 13.9. The van der Waals surface area contributed by atoms with E-state index in [0.717, 1.165) is 46.4 Å². The van der Waals surface area contributed by atoms with Crippen molar-refractivity contribution in [3.63, 3.8) is 0 Å². The maximum absolute atomic E-state index is 13.2. The molecular weight excluding hydrogens is 496 g/mol. The van der Waals surface area contributed by atoms with Crippen molar-refractivity contribution in [2.24, 2.45) is 5.92 Å². The number of likely N-dealkylation sites (tertiary alicyclic amines) is 1. The first kappa shape index (κ1) is 24.1. The Hall–Kier alpha value is -3.95. The summed E-state index contributed by atoms with van der Waals surface area (Å²) in [5.74, 6) is 0.706. The lowest BCUT2D eigenvalue weighted by molar-refractivity contribution is -0.133. The Kier molecular flexibility index (Phi) is 5.43. The third-order valence-corrected chi connectivity index (χ3v) is 9.01. The largest absolute Gasteiger partial charge is 0.473 e. The van der Waals surface area contributed by atoms with Gasteiger partial charge < -0.3 is 24.8 Å². The molecule has 3 aromatic rings. The number of ether oxygens (including phenoxy) is 1. The maximum atomic E-state index is 13.2. The number of benzene rings is 1. The molecule has 2 saturated heterocycles. The average molecular weight is 529 g/mol. The molecule has 2 atom stereocenters. The second-order valence-corrected chi connectivity index (χ2v) is 11.5. The highest BCUT2D eigenvalue weighted by Crippen LogP contribution is 2.46. The summed E-state index contributed by atoms with van der Waals surface area (Å²) < 4.78 is 8.62. The number of rotatable bonds is 5. The highest BCUT2D eigenvalue weighted by Gasteiger charge is 2.48. The van der Waals surface area contributed by atoms with Crippen LogP contribution in [0.25, 0.3) is 22.3 Å². The number of hydrogen-bond donors (Lipinski definition) is 2. The average Bonchev–Trinajstić information content (AvgIpc) is 3.42. The zero-order valence-electron chi connectivity index (χ0n) is 22.2. The lowest BCUT2D eigenvalue weighted by Gasteiger charge is -2.37. The van der Waals surface area contributed by atoms with Gasteiger partial charge in [0.05, 0.1) is 23.0 Å². The van der Waals surface area contributed by atoms with Crippen LogP contribution in [0.2, 0.25) is 0 Å². The van der Waals surface area contributed by atoms with Crippen LogP contribution < -0.4 is 15.4 Å². The molecule has 202 valence electrons. The number of carbonyl (C=O) groups excluding carboxylic acids is 3. The summed E-state index contributed by atoms with van der Waals surface area (Å²) in [7, 11) is 0. The number of anilines is 1. The molecule has 2 unspecified atom stereocenters. The maximum Gasteiger partial charge on any atom is 0.241 e. The van der Waals surface area contributed by atoms with Crippen LogP contribution in [0.15, 0.2) is 30.6 Å². The standard InChI is InChI=1S/C29H32N6O4/c1-16(19-12-25(37)30-14-19)39-27-26-24(31-15-35(26)20-4-5-20)13-22(32-27)18-3-6-21-23(11-18)33-28(38)29(21)7-9-34(10-8-29)17(2)36/h3,6,11,13,15-16,19-20H,4-5,7-10,12,14H2,1-2H3,(H,30,37)(H,33,38). The minimum atomic E-state index is -0.601. The van der Waals surface area contributed by atoms with Crippen LogP contribution in [0.3, 0.4) is 0 Å². The van der Waals surface area contributed by atoms with Crippen molar-refractivity contribution in [3.8, 4) is 17.1 Å². The number of amides is 3. The van der Waals surface area contributed by atoms with Gasteiger partial charge in [-0.1, -0.05) is 12.1 Å². The molecule has 10 nitrogen and oxygen atoms in total. The zero-order chi connectivity index (χ0) is 26.9. The van der Waals surface area contributed by atoms with Gasteiger partial charge in [0, 0.05) is 56.2 Å². The normalized spacial score (nSPS) is 22.6. The fraction of sp³-hybridized carbons (Fsp3) is 0.483. The molecule has 4 aliphatic rings. The summed E-state index contributed by atoms with van der Waals surface area (Å²) in [6.07, 6.45) is 5.56. The quantitative estimate of drug-likeness (QED) is 0.525. The molecular formula is C29H32N6O4. The predicted octanol–water partition coefficient (Wildman–Crippen LogP) is 3.17. The number of fused-ring (bicyclic) bond motifs is 3. The van der Waals surface area contributed by atoms with Gasteiger partial charge in [-0.15, -0.1) is 0 Å². The molecule has 1 saturated carbocycles. The van der Waals surface area contributed by atoms with Crippen molar-refractivity contribution >= 4 is 34.4 Å². The van der Waals surface area contributed by atoms with Gasteiger partial charge in [-0.05, 0) is 50.3 Å². The van der Waals surface area contributed by atoms with Gasteiger partial charge in [0.25, 0.3) is 0 Å². The molecule has 39 heavy (non-hydrogen) atoms. The van der Waals surface area contributed by atoms with E-state index < -0.39 is 5.41 Å². The Balaban J connectivity index is 1.24. The fourth-order valence-corrected chi connectivity index (χ4v) is 6.40. The van der Waals surface area contributed by atoms with E-state index in [4.69, 9.17) is 14.7 Å². The van der Waals surface area contributed by atoms with Crippen LogP contribution in [0, 0.1) is 5.92 Å². The first-order chi connectivity index (χ1) is 18.8. The van der Waals surface area contributed by atoms with E-state index in [-0.39, 0.29) is 29.7 Å². The SMILES string of the molecule is CC(=O)N1CCC2(CC1)C(=O)Nc1cc(-c3cc4ncn(C5CC5)c4c(OC(C)C4CNC(=O)C4)n3)ccc12. The summed E-state index contributed by atoms with van der Waals surface area (Å²) >= 11 is 0. The molecule has 1 aliphatic carbocycles. The van der Waals surface area contributed by atoms with E-state index in [0.29, 0.717) is 50.8 Å². The van der Waals surface area contributed by atoms with Crippen molar-refractivity contribution in [2.45, 2.75) is 63.5 Å². The van der Waals surface area contributed by atoms with Crippen molar-refractivity contribution < 1.29 is 19.1 Å². The van der Waals surface area contributed by atoms with Crippen LogP contribution in [-0.2, 0) is 19.8 Å². The smallest absolute Gasteiger partial charge is 0.241 e. The van der Waals surface area contributed by atoms with Gasteiger partial charge in [-0.2, -0.15) is 0 Å². The van der Waals surface area contributed by atoms with Crippen LogP contribution in [-0.4, -0.2) is 62.9 Å². The van der Waals surface area contributed by atoms with Crippen LogP contribution in [0.1, 0.15) is 57.6 Å². The van der Waals surface area contributed by atoms with Gasteiger partial charge in [0.15, 0.2) is 0 Å². The van der Waals surface area contributed by atoms with Crippen molar-refractivity contribution in [3.05, 3.63) is 36.2 Å². The summed E-state index contributed by atoms with van der Waals surface area (Å²) in [6, 6.07) is 8.41. The highest BCUT2D eigenvalue weighted by molar-refractivity contribution is 6.07. The second kappa shape index (κ2) is 8.79. The molecule has 1 spiro atoms.